The normalized spacial score (nSPS) is 10.2. The van der Waals surface area contributed by atoms with Crippen molar-refractivity contribution < 1.29 is 9.59 Å². The summed E-state index contributed by atoms with van der Waals surface area (Å²) < 4.78 is 0. The van der Waals surface area contributed by atoms with Crippen LogP contribution in [0.2, 0.25) is 0 Å². The molecule has 0 saturated heterocycles. The van der Waals surface area contributed by atoms with Gasteiger partial charge in [-0.25, -0.2) is 0 Å². The lowest BCUT2D eigenvalue weighted by Crippen LogP contribution is -1.86. The fraction of sp³-hybridized carbons (Fsp3) is 0.833. The molecule has 0 saturated carbocycles. The Bertz CT molecular complexity index is 169. The maximum atomic E-state index is 10.4. The Balaban J connectivity index is 2.92. The molecular formula is C12H21ClO2. The van der Waals surface area contributed by atoms with Gasteiger partial charge >= 0.3 is 0 Å². The number of carbonyl (C=O) groups excluding carboxylic acids is 2. The second kappa shape index (κ2) is 11.7. The monoisotopic (exact) mass is 232 g/mol. The Morgan fingerprint density at radius 2 is 1.33 bits per heavy atom. The van der Waals surface area contributed by atoms with Crippen LogP contribution in [0.4, 0.5) is 0 Å². The van der Waals surface area contributed by atoms with Crippen molar-refractivity contribution in [1.29, 1.82) is 0 Å². The predicted molar refractivity (Wildman–Crippen MR) is 63.1 cm³/mol. The first-order valence-electron chi connectivity index (χ1n) is 5.89. The van der Waals surface area contributed by atoms with E-state index in [1.54, 1.807) is 0 Å². The van der Waals surface area contributed by atoms with Crippen molar-refractivity contribution in [2.75, 3.05) is 0 Å². The summed E-state index contributed by atoms with van der Waals surface area (Å²) in [6.45, 7) is 0. The van der Waals surface area contributed by atoms with Crippen molar-refractivity contribution in [2.45, 2.75) is 64.2 Å². The highest BCUT2D eigenvalue weighted by molar-refractivity contribution is 6.63. The third kappa shape index (κ3) is 13.6. The molecule has 0 spiro atoms. The van der Waals surface area contributed by atoms with Crippen LogP contribution >= 0.6 is 11.6 Å². The summed E-state index contributed by atoms with van der Waals surface area (Å²) in [5, 5.41) is -0.219. The van der Waals surface area contributed by atoms with E-state index in [2.05, 4.69) is 0 Å². The molecule has 88 valence electrons. The van der Waals surface area contributed by atoms with Gasteiger partial charge in [-0.3, -0.25) is 4.79 Å². The third-order valence-electron chi connectivity index (χ3n) is 2.45. The smallest absolute Gasteiger partial charge is 0.221 e. The maximum absolute atomic E-state index is 10.4. The topological polar surface area (TPSA) is 34.1 Å². The number of rotatable bonds is 11. The molecule has 0 amide bonds. The molecule has 3 heteroatoms. The van der Waals surface area contributed by atoms with Gasteiger partial charge in [-0.15, -0.1) is 0 Å². The number of hydrogen-bond acceptors (Lipinski definition) is 2. The van der Waals surface area contributed by atoms with Gasteiger partial charge in [0.1, 0.15) is 6.29 Å². The van der Waals surface area contributed by atoms with Crippen LogP contribution in [0.5, 0.6) is 0 Å². The van der Waals surface area contributed by atoms with Crippen molar-refractivity contribution >= 4 is 23.1 Å². The molecule has 0 atom stereocenters. The van der Waals surface area contributed by atoms with Gasteiger partial charge in [-0.2, -0.15) is 0 Å². The summed E-state index contributed by atoms with van der Waals surface area (Å²) in [5.41, 5.74) is 0. The SMILES string of the molecule is O=CCCCCCCCCCCC(=O)Cl. The standard InChI is InChI=1S/C12H21ClO2/c13-12(15)10-8-6-4-2-1-3-5-7-9-11-14/h11H,1-10H2. The summed E-state index contributed by atoms with van der Waals surface area (Å²) in [6.07, 6.45) is 11.3. The highest BCUT2D eigenvalue weighted by atomic mass is 35.5. The summed E-state index contributed by atoms with van der Waals surface area (Å²) in [7, 11) is 0. The summed E-state index contributed by atoms with van der Waals surface area (Å²) in [4.78, 5) is 20.4. The zero-order valence-corrected chi connectivity index (χ0v) is 10.1. The molecule has 0 aliphatic rings. The summed E-state index contributed by atoms with van der Waals surface area (Å²) in [6, 6.07) is 0. The van der Waals surface area contributed by atoms with Gasteiger partial charge in [0.2, 0.25) is 5.24 Å². The molecule has 0 aromatic heterocycles. The van der Waals surface area contributed by atoms with Crippen LogP contribution in [0.15, 0.2) is 0 Å². The van der Waals surface area contributed by atoms with Crippen molar-refractivity contribution in [3.05, 3.63) is 0 Å². The van der Waals surface area contributed by atoms with E-state index in [0.717, 1.165) is 25.5 Å². The van der Waals surface area contributed by atoms with E-state index < -0.39 is 0 Å². The van der Waals surface area contributed by atoms with Gasteiger partial charge in [-0.05, 0) is 24.4 Å². The van der Waals surface area contributed by atoms with Crippen molar-refractivity contribution in [3.8, 4) is 0 Å². The molecule has 0 fully saturated rings. The van der Waals surface area contributed by atoms with Gasteiger partial charge in [0.15, 0.2) is 0 Å². The molecule has 0 rings (SSSR count). The molecule has 0 aliphatic carbocycles. The lowest BCUT2D eigenvalue weighted by molar-refractivity contribution is -0.111. The Labute approximate surface area is 97.4 Å². The Morgan fingerprint density at radius 1 is 0.867 bits per heavy atom. The van der Waals surface area contributed by atoms with Gasteiger partial charge in [0.05, 0.1) is 0 Å². The molecule has 0 heterocycles. The van der Waals surface area contributed by atoms with E-state index >= 15 is 0 Å². The number of halogens is 1. The molecule has 0 aliphatic heterocycles. The molecular weight excluding hydrogens is 212 g/mol. The molecule has 15 heavy (non-hydrogen) atoms. The number of unbranched alkanes of at least 4 members (excludes halogenated alkanes) is 8. The van der Waals surface area contributed by atoms with Gasteiger partial charge < -0.3 is 4.79 Å². The second-order valence-corrected chi connectivity index (χ2v) is 4.31. The molecule has 0 N–H and O–H groups in total. The van der Waals surface area contributed by atoms with E-state index in [1.807, 2.05) is 0 Å². The minimum atomic E-state index is -0.219. The van der Waals surface area contributed by atoms with Gasteiger partial charge in [0.25, 0.3) is 0 Å². The average Bonchev–Trinajstić information content (AvgIpc) is 2.20. The minimum absolute atomic E-state index is 0.219. The quantitative estimate of drug-likeness (QED) is 0.308. The first kappa shape index (κ1) is 14.6. The zero-order valence-electron chi connectivity index (χ0n) is 9.34. The van der Waals surface area contributed by atoms with Gasteiger partial charge in [0, 0.05) is 12.8 Å². The summed E-state index contributed by atoms with van der Waals surface area (Å²) >= 11 is 5.22. The van der Waals surface area contributed by atoms with Crippen LogP contribution < -0.4 is 0 Å². The highest BCUT2D eigenvalue weighted by Gasteiger charge is 1.96. The zero-order chi connectivity index (χ0) is 11.4. The molecule has 2 nitrogen and oxygen atoms in total. The highest BCUT2D eigenvalue weighted by Crippen LogP contribution is 2.10. The lowest BCUT2D eigenvalue weighted by atomic mass is 10.1. The minimum Gasteiger partial charge on any atom is -0.303 e. The largest absolute Gasteiger partial charge is 0.303 e. The van der Waals surface area contributed by atoms with Crippen LogP contribution in [0.3, 0.4) is 0 Å². The molecule has 0 radical (unpaired) electrons. The van der Waals surface area contributed by atoms with Crippen LogP contribution in [-0.4, -0.2) is 11.5 Å². The number of carbonyl (C=O) groups is 2. The van der Waals surface area contributed by atoms with Crippen molar-refractivity contribution in [2.24, 2.45) is 0 Å². The first-order valence-corrected chi connectivity index (χ1v) is 6.27. The molecule has 0 aromatic carbocycles. The lowest BCUT2D eigenvalue weighted by Gasteiger charge is -2.00. The van der Waals surface area contributed by atoms with E-state index in [0.29, 0.717) is 12.8 Å². The van der Waals surface area contributed by atoms with Crippen molar-refractivity contribution in [3.63, 3.8) is 0 Å². The van der Waals surface area contributed by atoms with Crippen LogP contribution in [-0.2, 0) is 9.59 Å². The second-order valence-electron chi connectivity index (χ2n) is 3.89. The number of hydrogen-bond donors (Lipinski definition) is 0. The first-order chi connectivity index (χ1) is 7.27. The van der Waals surface area contributed by atoms with Gasteiger partial charge in [-0.1, -0.05) is 38.5 Å². The van der Waals surface area contributed by atoms with Crippen LogP contribution in [0.1, 0.15) is 64.2 Å². The van der Waals surface area contributed by atoms with E-state index in [9.17, 15) is 9.59 Å². The molecule has 0 aromatic rings. The summed E-state index contributed by atoms with van der Waals surface area (Å²) in [5.74, 6) is 0. The predicted octanol–water partition coefficient (Wildman–Crippen LogP) is 3.85. The fourth-order valence-electron chi connectivity index (χ4n) is 1.55. The average molecular weight is 233 g/mol. The van der Waals surface area contributed by atoms with Crippen molar-refractivity contribution in [1.82, 2.24) is 0 Å². The van der Waals surface area contributed by atoms with Crippen LogP contribution in [0.25, 0.3) is 0 Å². The Kier molecular flexibility index (Phi) is 11.4. The van der Waals surface area contributed by atoms with E-state index in [-0.39, 0.29) is 5.24 Å². The fourth-order valence-corrected chi connectivity index (χ4v) is 1.69. The van der Waals surface area contributed by atoms with E-state index in [4.69, 9.17) is 11.6 Å². The molecule has 0 unspecified atom stereocenters. The van der Waals surface area contributed by atoms with E-state index in [1.165, 1.54) is 32.1 Å². The maximum Gasteiger partial charge on any atom is 0.221 e. The number of aldehydes is 1. The third-order valence-corrected chi connectivity index (χ3v) is 2.63. The molecule has 0 bridgehead atoms. The Hall–Kier alpha value is -0.370. The Morgan fingerprint density at radius 3 is 1.80 bits per heavy atom. The van der Waals surface area contributed by atoms with Crippen LogP contribution in [0, 0.1) is 0 Å².